The van der Waals surface area contributed by atoms with Gasteiger partial charge in [-0.15, -0.1) is 11.3 Å². The number of halogens is 2. The van der Waals surface area contributed by atoms with Crippen LogP contribution in [0.25, 0.3) is 10.6 Å². The predicted octanol–water partition coefficient (Wildman–Crippen LogP) is 2.54. The minimum absolute atomic E-state index is 0.147. The second-order valence-corrected chi connectivity index (χ2v) is 9.82. The summed E-state index contributed by atoms with van der Waals surface area (Å²) in [7, 11) is -2.60. The SMILES string of the molecule is CN1C(C(=O)Nc2ccc(F)c(Cl)c2)CC(c2ncc(-c3cnc[nH]3)s2)NS1(=O)=O. The van der Waals surface area contributed by atoms with Gasteiger partial charge in [-0.25, -0.2) is 14.4 Å². The van der Waals surface area contributed by atoms with Crippen LogP contribution in [0.2, 0.25) is 5.02 Å². The number of imidazole rings is 1. The second-order valence-electron chi connectivity index (χ2n) is 6.59. The molecule has 1 aliphatic heterocycles. The van der Waals surface area contributed by atoms with Crippen molar-refractivity contribution in [3.63, 3.8) is 0 Å². The number of carbonyl (C=O) groups excluding carboxylic acids is 1. The number of aromatic amines is 1. The number of amides is 1. The molecule has 3 heterocycles. The number of nitrogens with zero attached hydrogens (tertiary/aromatic N) is 3. The molecule has 2 atom stereocenters. The Morgan fingerprint density at radius 3 is 2.90 bits per heavy atom. The zero-order chi connectivity index (χ0) is 21.5. The van der Waals surface area contributed by atoms with E-state index in [0.29, 0.717) is 5.01 Å². The molecule has 9 nitrogen and oxygen atoms in total. The van der Waals surface area contributed by atoms with Gasteiger partial charge in [0.25, 0.3) is 10.2 Å². The molecule has 2 aromatic heterocycles. The Labute approximate surface area is 180 Å². The third-order valence-electron chi connectivity index (χ3n) is 4.64. The molecular formula is C17H16ClFN6O3S2. The summed E-state index contributed by atoms with van der Waals surface area (Å²) in [5, 5.41) is 2.97. The molecule has 1 aromatic carbocycles. The van der Waals surface area contributed by atoms with E-state index in [1.807, 2.05) is 0 Å². The lowest BCUT2D eigenvalue weighted by atomic mass is 10.1. The van der Waals surface area contributed by atoms with Crippen molar-refractivity contribution < 1.29 is 17.6 Å². The summed E-state index contributed by atoms with van der Waals surface area (Å²) in [6.07, 6.45) is 4.96. The normalized spacial score (nSPS) is 21.4. The van der Waals surface area contributed by atoms with Crippen LogP contribution >= 0.6 is 22.9 Å². The Morgan fingerprint density at radius 1 is 1.40 bits per heavy atom. The number of thiazole rings is 1. The monoisotopic (exact) mass is 470 g/mol. The van der Waals surface area contributed by atoms with Gasteiger partial charge in [0.15, 0.2) is 0 Å². The van der Waals surface area contributed by atoms with E-state index in [4.69, 9.17) is 11.6 Å². The van der Waals surface area contributed by atoms with Crippen molar-refractivity contribution in [3.8, 4) is 10.6 Å². The van der Waals surface area contributed by atoms with Crippen molar-refractivity contribution in [2.24, 2.45) is 0 Å². The molecule has 1 fully saturated rings. The largest absolute Gasteiger partial charge is 0.344 e. The quantitative estimate of drug-likeness (QED) is 0.541. The van der Waals surface area contributed by atoms with E-state index in [-0.39, 0.29) is 17.1 Å². The molecule has 1 aliphatic rings. The fourth-order valence-corrected chi connectivity index (χ4v) is 5.50. The van der Waals surface area contributed by atoms with Gasteiger partial charge < -0.3 is 10.3 Å². The molecule has 4 rings (SSSR count). The van der Waals surface area contributed by atoms with Crippen LogP contribution in [0.1, 0.15) is 17.5 Å². The predicted molar refractivity (Wildman–Crippen MR) is 111 cm³/mol. The van der Waals surface area contributed by atoms with Crippen molar-refractivity contribution in [2.75, 3.05) is 12.4 Å². The third kappa shape index (κ3) is 4.09. The fourth-order valence-electron chi connectivity index (χ4n) is 3.04. The Bertz CT molecular complexity index is 1180. The van der Waals surface area contributed by atoms with E-state index in [2.05, 4.69) is 25.0 Å². The molecule has 3 aromatic rings. The van der Waals surface area contributed by atoms with E-state index in [1.54, 1.807) is 12.4 Å². The topological polar surface area (TPSA) is 120 Å². The number of hydrogen-bond donors (Lipinski definition) is 3. The minimum Gasteiger partial charge on any atom is -0.344 e. The molecule has 30 heavy (non-hydrogen) atoms. The fraction of sp³-hybridized carbons (Fsp3) is 0.235. The third-order valence-corrected chi connectivity index (χ3v) is 7.67. The highest BCUT2D eigenvalue weighted by Crippen LogP contribution is 2.33. The lowest BCUT2D eigenvalue weighted by Crippen LogP contribution is -2.55. The van der Waals surface area contributed by atoms with Crippen molar-refractivity contribution in [2.45, 2.75) is 18.5 Å². The maximum absolute atomic E-state index is 13.3. The van der Waals surface area contributed by atoms with Crippen molar-refractivity contribution in [3.05, 3.63) is 52.8 Å². The Hall–Kier alpha value is -2.38. The first-order chi connectivity index (χ1) is 14.2. The molecule has 0 aliphatic carbocycles. The molecule has 1 amide bonds. The van der Waals surface area contributed by atoms with Crippen molar-refractivity contribution >= 4 is 44.7 Å². The Morgan fingerprint density at radius 2 is 2.20 bits per heavy atom. The van der Waals surface area contributed by atoms with Crippen molar-refractivity contribution in [1.29, 1.82) is 0 Å². The van der Waals surface area contributed by atoms with Gasteiger partial charge in [-0.05, 0) is 24.6 Å². The number of nitrogens with one attached hydrogen (secondary N) is 3. The number of aromatic nitrogens is 3. The first-order valence-corrected chi connectivity index (χ1v) is 11.3. The number of likely N-dealkylation sites (N-methyl/N-ethyl adjacent to an activating group) is 1. The van der Waals surface area contributed by atoms with Gasteiger partial charge in [0, 0.05) is 18.9 Å². The molecule has 158 valence electrons. The van der Waals surface area contributed by atoms with Gasteiger partial charge in [-0.1, -0.05) is 11.6 Å². The molecule has 2 unspecified atom stereocenters. The van der Waals surface area contributed by atoms with E-state index in [0.717, 1.165) is 20.9 Å². The van der Waals surface area contributed by atoms with Gasteiger partial charge in [0.05, 0.1) is 34.2 Å². The van der Waals surface area contributed by atoms with E-state index >= 15 is 0 Å². The number of anilines is 1. The van der Waals surface area contributed by atoms with Crippen LogP contribution < -0.4 is 10.0 Å². The molecule has 0 spiro atoms. The maximum atomic E-state index is 13.3. The Balaban J connectivity index is 1.57. The van der Waals surface area contributed by atoms with E-state index in [9.17, 15) is 17.6 Å². The van der Waals surface area contributed by atoms with Gasteiger partial charge in [0.1, 0.15) is 16.9 Å². The highest BCUT2D eigenvalue weighted by atomic mass is 35.5. The summed E-state index contributed by atoms with van der Waals surface area (Å²) in [6.45, 7) is 0. The number of hydrogen-bond acceptors (Lipinski definition) is 6. The summed E-state index contributed by atoms with van der Waals surface area (Å²) in [4.78, 5) is 24.9. The summed E-state index contributed by atoms with van der Waals surface area (Å²) < 4.78 is 42.0. The van der Waals surface area contributed by atoms with Crippen LogP contribution in [0.4, 0.5) is 10.1 Å². The van der Waals surface area contributed by atoms with Crippen LogP contribution in [-0.4, -0.2) is 46.7 Å². The lowest BCUT2D eigenvalue weighted by Gasteiger charge is -2.35. The summed E-state index contributed by atoms with van der Waals surface area (Å²) in [5.41, 5.74) is 1.03. The van der Waals surface area contributed by atoms with Gasteiger partial charge >= 0.3 is 0 Å². The number of benzene rings is 1. The van der Waals surface area contributed by atoms with Gasteiger partial charge in [0.2, 0.25) is 5.91 Å². The zero-order valence-electron chi connectivity index (χ0n) is 15.5. The lowest BCUT2D eigenvalue weighted by molar-refractivity contribution is -0.120. The summed E-state index contributed by atoms with van der Waals surface area (Å²) >= 11 is 7.05. The smallest absolute Gasteiger partial charge is 0.280 e. The average Bonchev–Trinajstić information content (AvgIpc) is 3.38. The molecule has 3 N–H and O–H groups in total. The van der Waals surface area contributed by atoms with Crippen molar-refractivity contribution in [1.82, 2.24) is 24.0 Å². The van der Waals surface area contributed by atoms with Crippen LogP contribution in [0.3, 0.4) is 0 Å². The van der Waals surface area contributed by atoms with Crippen LogP contribution in [0.15, 0.2) is 36.9 Å². The van der Waals surface area contributed by atoms with Crippen LogP contribution in [-0.2, 0) is 15.0 Å². The maximum Gasteiger partial charge on any atom is 0.280 e. The zero-order valence-corrected chi connectivity index (χ0v) is 17.9. The number of carbonyl (C=O) groups is 1. The number of rotatable bonds is 4. The molecule has 0 saturated carbocycles. The van der Waals surface area contributed by atoms with Gasteiger partial charge in [-0.2, -0.15) is 17.4 Å². The first kappa shape index (κ1) is 20.9. The standard InChI is InChI=1S/C17H16ClFN6O3S2/c1-25-14(16(26)23-9-2-3-11(19)10(18)4-9)5-12(24-30(25,27)28)17-21-7-15(29-17)13-6-20-8-22-13/h2-4,6-8,12,14,24H,5H2,1H3,(H,20,22)(H,23,26). The molecule has 0 radical (unpaired) electrons. The molecule has 13 heteroatoms. The molecule has 1 saturated heterocycles. The first-order valence-electron chi connectivity index (χ1n) is 8.70. The highest BCUT2D eigenvalue weighted by molar-refractivity contribution is 7.87. The Kier molecular flexibility index (Phi) is 5.59. The van der Waals surface area contributed by atoms with Gasteiger partial charge in [-0.3, -0.25) is 4.79 Å². The minimum atomic E-state index is -3.92. The molecule has 0 bridgehead atoms. The average molecular weight is 471 g/mol. The van der Waals surface area contributed by atoms with E-state index in [1.165, 1.54) is 36.8 Å². The summed E-state index contributed by atoms with van der Waals surface area (Å²) in [6, 6.07) is 2.06. The summed E-state index contributed by atoms with van der Waals surface area (Å²) in [5.74, 6) is -1.17. The van der Waals surface area contributed by atoms with Crippen LogP contribution in [0.5, 0.6) is 0 Å². The van der Waals surface area contributed by atoms with Crippen LogP contribution in [0, 0.1) is 5.82 Å². The molecular weight excluding hydrogens is 455 g/mol. The van der Waals surface area contributed by atoms with E-state index < -0.39 is 34.0 Å². The highest BCUT2D eigenvalue weighted by Gasteiger charge is 2.41. The number of H-pyrrole nitrogens is 1. The second kappa shape index (κ2) is 8.04.